The van der Waals surface area contributed by atoms with Gasteiger partial charge < -0.3 is 0 Å². The zero-order chi connectivity index (χ0) is 14.4. The van der Waals surface area contributed by atoms with Crippen LogP contribution in [0, 0.1) is 16.7 Å². The molecule has 19 heavy (non-hydrogen) atoms. The van der Waals surface area contributed by atoms with Gasteiger partial charge in [-0.3, -0.25) is 0 Å². The zero-order valence-electron chi connectivity index (χ0n) is 12.9. The summed E-state index contributed by atoms with van der Waals surface area (Å²) in [5.74, 6) is 1.07. The Balaban J connectivity index is 2.17. The molecule has 0 unspecified atom stereocenters. The molecule has 2 aliphatic rings. The second kappa shape index (κ2) is 5.16. The van der Waals surface area contributed by atoms with E-state index in [2.05, 4.69) is 27.7 Å². The van der Waals surface area contributed by atoms with Crippen LogP contribution in [0.4, 0.5) is 0 Å². The third-order valence-corrected chi connectivity index (χ3v) is 9.89. The fraction of sp³-hybridized carbons (Fsp3) is 0.938. The van der Waals surface area contributed by atoms with E-state index in [1.165, 1.54) is 6.42 Å². The molecule has 0 spiro atoms. The Morgan fingerprint density at radius 1 is 1.32 bits per heavy atom. The summed E-state index contributed by atoms with van der Waals surface area (Å²) >= 11 is 0.251. The molecular formula is C16H28O2Se. The summed E-state index contributed by atoms with van der Waals surface area (Å²) in [6.07, 6.45) is 3.88. The molecule has 2 aliphatic carbocycles. The number of aliphatic hydroxyl groups excluding tert-OH is 1. The molecule has 0 heterocycles. The second-order valence-corrected chi connectivity index (χ2v) is 9.95. The first-order valence-electron chi connectivity index (χ1n) is 7.67. The van der Waals surface area contributed by atoms with E-state index in [9.17, 15) is 9.90 Å². The monoisotopic (exact) mass is 332 g/mol. The predicted molar refractivity (Wildman–Crippen MR) is 79.5 cm³/mol. The number of fused-ring (bicyclic) bond motifs is 2. The van der Waals surface area contributed by atoms with Gasteiger partial charge in [-0.15, -0.1) is 0 Å². The Morgan fingerprint density at radius 2 is 1.95 bits per heavy atom. The van der Waals surface area contributed by atoms with Crippen LogP contribution in [-0.2, 0) is 4.79 Å². The van der Waals surface area contributed by atoms with Crippen molar-refractivity contribution in [2.24, 2.45) is 16.7 Å². The molecule has 5 atom stereocenters. The number of carbonyl (C=O) groups excluding carboxylic acids is 1. The maximum atomic E-state index is 12.8. The summed E-state index contributed by atoms with van der Waals surface area (Å²) in [7, 11) is 0. The maximum absolute atomic E-state index is 12.8. The molecule has 2 fully saturated rings. The van der Waals surface area contributed by atoms with Crippen molar-refractivity contribution < 1.29 is 9.90 Å². The van der Waals surface area contributed by atoms with Crippen molar-refractivity contribution in [3.8, 4) is 0 Å². The average Bonchev–Trinajstić information content (AvgIpc) is 2.68. The van der Waals surface area contributed by atoms with Crippen LogP contribution < -0.4 is 0 Å². The summed E-state index contributed by atoms with van der Waals surface area (Å²) in [6.45, 7) is 10.9. The van der Waals surface area contributed by atoms with E-state index in [1.54, 1.807) is 0 Å². The van der Waals surface area contributed by atoms with Gasteiger partial charge in [-0.05, 0) is 0 Å². The van der Waals surface area contributed by atoms with Crippen molar-refractivity contribution >= 4 is 20.7 Å². The second-order valence-electron chi connectivity index (χ2n) is 7.04. The van der Waals surface area contributed by atoms with E-state index in [1.807, 2.05) is 6.92 Å². The normalized spacial score (nSPS) is 39.6. The van der Waals surface area contributed by atoms with Gasteiger partial charge in [0.2, 0.25) is 0 Å². The number of aliphatic hydroxyl groups is 1. The van der Waals surface area contributed by atoms with Crippen LogP contribution in [0.3, 0.4) is 0 Å². The van der Waals surface area contributed by atoms with E-state index < -0.39 is 0 Å². The summed E-state index contributed by atoms with van der Waals surface area (Å²) < 4.78 is 0. The third-order valence-electron chi connectivity index (χ3n) is 6.04. The number of hydrogen-bond donors (Lipinski definition) is 1. The molecule has 1 N–H and O–H groups in total. The van der Waals surface area contributed by atoms with E-state index in [-0.39, 0.29) is 36.7 Å². The third kappa shape index (κ3) is 2.13. The van der Waals surface area contributed by atoms with Gasteiger partial charge in [0.05, 0.1) is 0 Å². The van der Waals surface area contributed by atoms with Gasteiger partial charge in [-0.2, -0.15) is 0 Å². The van der Waals surface area contributed by atoms with E-state index >= 15 is 0 Å². The van der Waals surface area contributed by atoms with Crippen LogP contribution in [0.5, 0.6) is 0 Å². The predicted octanol–water partition coefficient (Wildman–Crippen LogP) is 3.47. The first kappa shape index (κ1) is 15.5. The first-order valence-corrected chi connectivity index (χ1v) is 9.65. The van der Waals surface area contributed by atoms with Gasteiger partial charge >= 0.3 is 123 Å². The fourth-order valence-electron chi connectivity index (χ4n) is 4.07. The van der Waals surface area contributed by atoms with Crippen molar-refractivity contribution in [1.82, 2.24) is 0 Å². The summed E-state index contributed by atoms with van der Waals surface area (Å²) in [4.78, 5) is 13.4. The quantitative estimate of drug-likeness (QED) is 0.783. The molecule has 2 rings (SSSR count). The molecule has 0 aromatic rings. The topological polar surface area (TPSA) is 37.3 Å². The number of ketones is 1. The molecule has 2 bridgehead atoms. The van der Waals surface area contributed by atoms with Gasteiger partial charge in [-0.25, -0.2) is 0 Å². The van der Waals surface area contributed by atoms with Crippen LogP contribution >= 0.6 is 0 Å². The molecule has 0 aromatic carbocycles. The van der Waals surface area contributed by atoms with E-state index in [0.29, 0.717) is 16.5 Å². The minimum atomic E-state index is -0.215. The molecule has 0 aromatic heterocycles. The number of carbonyl (C=O) groups is 1. The molecule has 3 heteroatoms. The molecule has 0 amide bonds. The van der Waals surface area contributed by atoms with Crippen molar-refractivity contribution in [1.29, 1.82) is 0 Å². The standard InChI is InChI=1S/C16H28O2Se/c1-6-11(17)12(7-2)19-13-10-8-9-16(5,14(13)18)15(10,3)4/h10-13,17H,6-9H2,1-5H3/t10-,11-,12+,13+,16+/m1/s1. The summed E-state index contributed by atoms with van der Waals surface area (Å²) in [5.41, 5.74) is 0.0610. The van der Waals surface area contributed by atoms with E-state index in [4.69, 9.17) is 0 Å². The van der Waals surface area contributed by atoms with Gasteiger partial charge in [-0.1, -0.05) is 0 Å². The molecule has 2 nitrogen and oxygen atoms in total. The van der Waals surface area contributed by atoms with Crippen LogP contribution in [0.1, 0.15) is 60.3 Å². The number of hydrogen-bond acceptors (Lipinski definition) is 2. The minimum absolute atomic E-state index is 0.0977. The SMILES string of the molecule is CC[C@@H](O)[C@H](CC)[Se][C@@H]1C(=O)[C@]2(C)CC[C@H]1C2(C)C. The fourth-order valence-corrected chi connectivity index (χ4v) is 8.25. The average molecular weight is 331 g/mol. The molecule has 0 aliphatic heterocycles. The van der Waals surface area contributed by atoms with Crippen LogP contribution in [0.2, 0.25) is 9.63 Å². The Labute approximate surface area is 123 Å². The molecule has 110 valence electrons. The molecule has 2 saturated carbocycles. The van der Waals surface area contributed by atoms with Gasteiger partial charge in [0, 0.05) is 0 Å². The first-order chi connectivity index (χ1) is 8.79. The summed E-state index contributed by atoms with van der Waals surface area (Å²) in [5, 5.41) is 10.1. The molecular weight excluding hydrogens is 303 g/mol. The Kier molecular flexibility index (Phi) is 4.22. The Bertz CT molecular complexity index is 366. The zero-order valence-corrected chi connectivity index (χ0v) is 14.6. The van der Waals surface area contributed by atoms with Crippen molar-refractivity contribution in [2.75, 3.05) is 0 Å². The van der Waals surface area contributed by atoms with Gasteiger partial charge in [0.1, 0.15) is 0 Å². The Hall–Kier alpha value is 0.149. The number of Topliss-reactive ketones (excluding diaryl/α,β-unsaturated/α-hetero) is 1. The van der Waals surface area contributed by atoms with Crippen LogP contribution in [0.15, 0.2) is 0 Å². The van der Waals surface area contributed by atoms with Crippen LogP contribution in [0.25, 0.3) is 0 Å². The Morgan fingerprint density at radius 3 is 2.37 bits per heavy atom. The van der Waals surface area contributed by atoms with E-state index in [0.717, 1.165) is 19.3 Å². The summed E-state index contributed by atoms with van der Waals surface area (Å²) in [6, 6.07) is 0. The molecule has 0 radical (unpaired) electrons. The van der Waals surface area contributed by atoms with Crippen molar-refractivity contribution in [3.63, 3.8) is 0 Å². The molecule has 0 saturated heterocycles. The van der Waals surface area contributed by atoms with Crippen molar-refractivity contribution in [3.05, 3.63) is 0 Å². The number of rotatable bonds is 5. The van der Waals surface area contributed by atoms with Gasteiger partial charge in [0.15, 0.2) is 0 Å². The van der Waals surface area contributed by atoms with Crippen molar-refractivity contribution in [2.45, 2.75) is 76.0 Å². The van der Waals surface area contributed by atoms with Crippen LogP contribution in [-0.4, -0.2) is 32.0 Å². The van der Waals surface area contributed by atoms with Gasteiger partial charge in [0.25, 0.3) is 0 Å².